The van der Waals surface area contributed by atoms with Gasteiger partial charge >= 0.3 is 6.36 Å². The first-order valence-electron chi connectivity index (χ1n) is 10.9. The van der Waals surface area contributed by atoms with Gasteiger partial charge in [0.05, 0.1) is 25.0 Å². The molecule has 2 aromatic heterocycles. The maximum absolute atomic E-state index is 14.4. The average Bonchev–Trinajstić information content (AvgIpc) is 3.41. The molecule has 0 aliphatic heterocycles. The Morgan fingerprint density at radius 2 is 2.14 bits per heavy atom. The number of nitrogens with one attached hydrogen (secondary N) is 1. The molecule has 0 radical (unpaired) electrons. The van der Waals surface area contributed by atoms with Gasteiger partial charge in [-0.1, -0.05) is 17.4 Å². The standard InChI is InChI=1S/C22H24F5N7O2S/c1-33-12-16(29-13-33)10-19(35)30-21-32-31-20(37-21)7-4-15(23)11-34(28)8-2-3-14-9-17(5-6-18(14)24)36-22(25,26)27/h2,5-6,8-9,12-13,15H,3-4,7,10-11,28H2,1H3,(H,30,32,35)/b8-2+. The van der Waals surface area contributed by atoms with E-state index in [1.807, 2.05) is 0 Å². The van der Waals surface area contributed by atoms with Crippen LogP contribution in [-0.4, -0.2) is 49.7 Å². The normalized spacial score (nSPS) is 12.6. The summed E-state index contributed by atoms with van der Waals surface area (Å²) in [7, 11) is 1.80. The minimum absolute atomic E-state index is 0.0394. The van der Waals surface area contributed by atoms with E-state index in [9.17, 15) is 26.7 Å². The number of imidazole rings is 1. The predicted octanol–water partition coefficient (Wildman–Crippen LogP) is 3.69. The zero-order valence-corrected chi connectivity index (χ0v) is 20.4. The van der Waals surface area contributed by atoms with Crippen molar-refractivity contribution in [2.45, 2.75) is 38.2 Å². The number of hydrazine groups is 1. The summed E-state index contributed by atoms with van der Waals surface area (Å²) >= 11 is 1.13. The quantitative estimate of drug-likeness (QED) is 0.203. The van der Waals surface area contributed by atoms with E-state index in [1.54, 1.807) is 24.1 Å². The number of carbonyl (C=O) groups excluding carboxylic acids is 1. The SMILES string of the molecule is Cn1cnc(CC(=O)Nc2nnc(CCC(F)CN(N)/C=C/Cc3cc(OC(F)(F)F)ccc3F)s2)c1. The van der Waals surface area contributed by atoms with Gasteiger partial charge < -0.3 is 19.6 Å². The number of amides is 1. The van der Waals surface area contributed by atoms with Crippen LogP contribution in [0.25, 0.3) is 0 Å². The van der Waals surface area contributed by atoms with E-state index in [1.165, 1.54) is 12.3 Å². The monoisotopic (exact) mass is 545 g/mol. The van der Waals surface area contributed by atoms with Gasteiger partial charge in [0.1, 0.15) is 22.7 Å². The van der Waals surface area contributed by atoms with Gasteiger partial charge in [0, 0.05) is 25.9 Å². The molecule has 200 valence electrons. The molecule has 1 aromatic carbocycles. The fourth-order valence-electron chi connectivity index (χ4n) is 3.17. The second-order valence-corrected chi connectivity index (χ2v) is 9.04. The number of benzene rings is 1. The number of nitrogens with zero attached hydrogens (tertiary/aromatic N) is 5. The van der Waals surface area contributed by atoms with E-state index in [0.29, 0.717) is 15.8 Å². The van der Waals surface area contributed by atoms with Crippen molar-refractivity contribution in [3.05, 3.63) is 65.1 Å². The molecule has 3 rings (SSSR count). The molecule has 1 atom stereocenters. The van der Waals surface area contributed by atoms with Crippen molar-refractivity contribution in [2.75, 3.05) is 11.9 Å². The van der Waals surface area contributed by atoms with Crippen molar-refractivity contribution in [3.8, 4) is 5.75 Å². The number of hydrogen-bond acceptors (Lipinski definition) is 8. The van der Waals surface area contributed by atoms with Crippen LogP contribution in [0.15, 0.2) is 43.0 Å². The van der Waals surface area contributed by atoms with Crippen LogP contribution in [0.4, 0.5) is 27.1 Å². The summed E-state index contributed by atoms with van der Waals surface area (Å²) in [6.07, 6.45) is 0.162. The highest BCUT2D eigenvalue weighted by atomic mass is 32.1. The second-order valence-electron chi connectivity index (χ2n) is 7.98. The molecule has 0 fully saturated rings. The topological polar surface area (TPSA) is 111 Å². The third-order valence-electron chi connectivity index (χ3n) is 4.78. The van der Waals surface area contributed by atoms with Crippen molar-refractivity contribution in [3.63, 3.8) is 0 Å². The van der Waals surface area contributed by atoms with Crippen LogP contribution < -0.4 is 15.9 Å². The Morgan fingerprint density at radius 1 is 1.35 bits per heavy atom. The molecule has 37 heavy (non-hydrogen) atoms. The molecule has 9 nitrogen and oxygen atoms in total. The molecule has 2 heterocycles. The maximum atomic E-state index is 14.4. The van der Waals surface area contributed by atoms with E-state index in [4.69, 9.17) is 5.84 Å². The van der Waals surface area contributed by atoms with Crippen LogP contribution in [-0.2, 0) is 31.1 Å². The highest BCUT2D eigenvalue weighted by molar-refractivity contribution is 7.15. The molecular weight excluding hydrogens is 521 g/mol. The molecule has 15 heteroatoms. The smallest absolute Gasteiger partial charge is 0.406 e. The Kier molecular flexibility index (Phi) is 9.52. The number of aromatic nitrogens is 4. The molecule has 1 unspecified atom stereocenters. The van der Waals surface area contributed by atoms with Crippen molar-refractivity contribution < 1.29 is 31.5 Å². The number of rotatable bonds is 12. The summed E-state index contributed by atoms with van der Waals surface area (Å²) in [6.45, 7) is -0.178. The van der Waals surface area contributed by atoms with E-state index >= 15 is 0 Å². The molecule has 0 saturated heterocycles. The summed E-state index contributed by atoms with van der Waals surface area (Å²) < 4.78 is 70.7. The molecule has 0 bridgehead atoms. The lowest BCUT2D eigenvalue weighted by Crippen LogP contribution is -2.32. The molecule has 0 aliphatic rings. The molecule has 3 N–H and O–H groups in total. The highest BCUT2D eigenvalue weighted by Gasteiger charge is 2.31. The number of carbonyl (C=O) groups is 1. The Morgan fingerprint density at radius 3 is 2.84 bits per heavy atom. The number of alkyl halides is 4. The van der Waals surface area contributed by atoms with Crippen LogP contribution in [0.2, 0.25) is 0 Å². The summed E-state index contributed by atoms with van der Waals surface area (Å²) in [4.78, 5) is 16.2. The molecular formula is C22H24F5N7O2S. The predicted molar refractivity (Wildman–Crippen MR) is 125 cm³/mol. The lowest BCUT2D eigenvalue weighted by molar-refractivity contribution is -0.274. The van der Waals surface area contributed by atoms with Crippen LogP contribution in [0.5, 0.6) is 5.75 Å². The molecule has 0 saturated carbocycles. The van der Waals surface area contributed by atoms with Crippen LogP contribution >= 0.6 is 11.3 Å². The summed E-state index contributed by atoms with van der Waals surface area (Å²) in [5.41, 5.74) is 0.571. The van der Waals surface area contributed by atoms with E-state index < -0.39 is 24.1 Å². The molecule has 3 aromatic rings. The number of aryl methyl sites for hydroxylation is 2. The Hall–Kier alpha value is -3.59. The number of hydrogen-bond donors (Lipinski definition) is 2. The zero-order valence-electron chi connectivity index (χ0n) is 19.6. The summed E-state index contributed by atoms with van der Waals surface area (Å²) in [5, 5.41) is 12.3. The van der Waals surface area contributed by atoms with E-state index in [2.05, 4.69) is 25.2 Å². The lowest BCUT2D eigenvalue weighted by atomic mass is 10.1. The largest absolute Gasteiger partial charge is 0.573 e. The first-order chi connectivity index (χ1) is 17.5. The van der Waals surface area contributed by atoms with Gasteiger partial charge in [0.25, 0.3) is 0 Å². The zero-order chi connectivity index (χ0) is 27.0. The van der Waals surface area contributed by atoms with Crippen molar-refractivity contribution in [2.24, 2.45) is 12.9 Å². The van der Waals surface area contributed by atoms with Crippen molar-refractivity contribution >= 4 is 22.4 Å². The summed E-state index contributed by atoms with van der Waals surface area (Å²) in [5.74, 6) is 4.19. The van der Waals surface area contributed by atoms with E-state index in [-0.39, 0.29) is 43.7 Å². The van der Waals surface area contributed by atoms with Gasteiger partial charge in [-0.05, 0) is 36.6 Å². The van der Waals surface area contributed by atoms with E-state index in [0.717, 1.165) is 34.5 Å². The Labute approximate surface area is 212 Å². The van der Waals surface area contributed by atoms with Gasteiger partial charge in [-0.25, -0.2) is 19.6 Å². The highest BCUT2D eigenvalue weighted by Crippen LogP contribution is 2.25. The number of nitrogens with two attached hydrogens (primary N) is 1. The maximum Gasteiger partial charge on any atom is 0.573 e. The fraction of sp³-hybridized carbons (Fsp3) is 0.364. The number of anilines is 1. The Balaban J connectivity index is 1.40. The van der Waals surface area contributed by atoms with Crippen LogP contribution in [0.1, 0.15) is 22.7 Å². The molecule has 1 amide bonds. The number of ether oxygens (including phenoxy) is 1. The average molecular weight is 546 g/mol. The molecule has 0 aliphatic carbocycles. The Bertz CT molecular complexity index is 1210. The van der Waals surface area contributed by atoms with Crippen molar-refractivity contribution in [1.82, 2.24) is 24.8 Å². The summed E-state index contributed by atoms with van der Waals surface area (Å²) in [6, 6.07) is 2.67. The van der Waals surface area contributed by atoms with Gasteiger partial charge in [-0.3, -0.25) is 4.79 Å². The second kappa shape index (κ2) is 12.6. The fourth-order valence-corrected chi connectivity index (χ4v) is 3.94. The molecule has 0 spiro atoms. The lowest BCUT2D eigenvalue weighted by Gasteiger charge is -2.16. The third kappa shape index (κ3) is 9.76. The van der Waals surface area contributed by atoms with Gasteiger partial charge in [0.15, 0.2) is 0 Å². The number of allylic oxidation sites excluding steroid dienone is 1. The van der Waals surface area contributed by atoms with Crippen LogP contribution in [0.3, 0.4) is 0 Å². The van der Waals surface area contributed by atoms with Crippen molar-refractivity contribution in [1.29, 1.82) is 0 Å². The minimum Gasteiger partial charge on any atom is -0.406 e. The first kappa shape index (κ1) is 28.0. The third-order valence-corrected chi connectivity index (χ3v) is 5.68. The van der Waals surface area contributed by atoms with Gasteiger partial charge in [-0.15, -0.1) is 23.4 Å². The first-order valence-corrected chi connectivity index (χ1v) is 11.7. The number of halogens is 5. The van der Waals surface area contributed by atoms with Gasteiger partial charge in [-0.2, -0.15) is 0 Å². The minimum atomic E-state index is -4.89. The van der Waals surface area contributed by atoms with Gasteiger partial charge in [0.2, 0.25) is 11.0 Å². The van der Waals surface area contributed by atoms with Crippen LogP contribution in [0, 0.1) is 5.82 Å².